The first-order valence-electron chi connectivity index (χ1n) is 5.58. The van der Waals surface area contributed by atoms with Crippen LogP contribution in [0.1, 0.15) is 43.9 Å². The van der Waals surface area contributed by atoms with Gasteiger partial charge in [0.05, 0.1) is 0 Å². The Morgan fingerprint density at radius 2 is 2.07 bits per heavy atom. The van der Waals surface area contributed by atoms with Gasteiger partial charge in [0.1, 0.15) is 0 Å². The minimum Gasteiger partial charge on any atom is -0.324 e. The molecule has 0 fully saturated rings. The van der Waals surface area contributed by atoms with E-state index in [1.54, 1.807) is 0 Å². The number of hydrogen-bond acceptors (Lipinski definition) is 1. The Balaban J connectivity index is 2.81. The highest BCUT2D eigenvalue weighted by atomic mass is 35.5. The minimum absolute atomic E-state index is 0.126. The van der Waals surface area contributed by atoms with E-state index in [0.29, 0.717) is 5.92 Å². The van der Waals surface area contributed by atoms with Crippen LogP contribution in [0, 0.1) is 12.8 Å². The van der Waals surface area contributed by atoms with Crippen molar-refractivity contribution in [1.82, 2.24) is 0 Å². The molecule has 2 N–H and O–H groups in total. The van der Waals surface area contributed by atoms with Crippen LogP contribution in [0.3, 0.4) is 0 Å². The lowest BCUT2D eigenvalue weighted by Gasteiger charge is -2.20. The summed E-state index contributed by atoms with van der Waals surface area (Å²) in [5, 5.41) is 0.814. The topological polar surface area (TPSA) is 26.0 Å². The van der Waals surface area contributed by atoms with E-state index < -0.39 is 0 Å². The number of hydrogen-bond donors (Lipinski definition) is 1. The van der Waals surface area contributed by atoms with Gasteiger partial charge in [-0.2, -0.15) is 0 Å². The molecule has 15 heavy (non-hydrogen) atoms. The average Bonchev–Trinajstić information content (AvgIpc) is 2.21. The quantitative estimate of drug-likeness (QED) is 0.821. The smallest absolute Gasteiger partial charge is 0.0435 e. The highest BCUT2D eigenvalue weighted by molar-refractivity contribution is 6.31. The second-order valence-electron chi connectivity index (χ2n) is 4.30. The van der Waals surface area contributed by atoms with E-state index in [-0.39, 0.29) is 6.04 Å². The van der Waals surface area contributed by atoms with Crippen LogP contribution in [0.15, 0.2) is 18.2 Å². The van der Waals surface area contributed by atoms with E-state index in [1.165, 1.54) is 18.4 Å². The normalized spacial score (nSPS) is 15.0. The van der Waals surface area contributed by atoms with Crippen LogP contribution in [-0.4, -0.2) is 0 Å². The molecular weight excluding hydrogens is 206 g/mol. The molecule has 0 saturated carbocycles. The predicted octanol–water partition coefficient (Wildman–Crippen LogP) is 4.08. The molecule has 84 valence electrons. The van der Waals surface area contributed by atoms with E-state index in [1.807, 2.05) is 19.1 Å². The van der Waals surface area contributed by atoms with Crippen molar-refractivity contribution in [2.75, 3.05) is 0 Å². The van der Waals surface area contributed by atoms with Gasteiger partial charge in [-0.05, 0) is 36.5 Å². The first-order valence-corrected chi connectivity index (χ1v) is 5.95. The third-order valence-corrected chi connectivity index (χ3v) is 3.35. The van der Waals surface area contributed by atoms with Crippen LogP contribution in [0.4, 0.5) is 0 Å². The van der Waals surface area contributed by atoms with Crippen molar-refractivity contribution in [3.8, 4) is 0 Å². The van der Waals surface area contributed by atoms with Crippen molar-refractivity contribution in [3.05, 3.63) is 34.3 Å². The lowest BCUT2D eigenvalue weighted by molar-refractivity contribution is 0.433. The van der Waals surface area contributed by atoms with Crippen molar-refractivity contribution in [3.63, 3.8) is 0 Å². The summed E-state index contributed by atoms with van der Waals surface area (Å²) < 4.78 is 0. The van der Waals surface area contributed by atoms with E-state index in [9.17, 15) is 0 Å². The lowest BCUT2D eigenvalue weighted by Crippen LogP contribution is -2.19. The second kappa shape index (κ2) is 5.53. The zero-order valence-electron chi connectivity index (χ0n) is 9.76. The summed E-state index contributed by atoms with van der Waals surface area (Å²) in [6.45, 7) is 6.41. The molecule has 1 aromatic carbocycles. The molecule has 0 amide bonds. The van der Waals surface area contributed by atoms with Crippen molar-refractivity contribution < 1.29 is 0 Å². The summed E-state index contributed by atoms with van der Waals surface area (Å²) >= 11 is 5.99. The largest absolute Gasteiger partial charge is 0.324 e. The molecule has 1 rings (SSSR count). The number of benzene rings is 1. The number of halogens is 1. The van der Waals surface area contributed by atoms with Crippen molar-refractivity contribution in [1.29, 1.82) is 0 Å². The summed E-state index contributed by atoms with van der Waals surface area (Å²) in [5.74, 6) is 0.524. The average molecular weight is 226 g/mol. The minimum atomic E-state index is 0.126. The fraction of sp³-hybridized carbons (Fsp3) is 0.538. The van der Waals surface area contributed by atoms with Gasteiger partial charge >= 0.3 is 0 Å². The fourth-order valence-corrected chi connectivity index (χ4v) is 1.96. The molecule has 0 spiro atoms. The maximum Gasteiger partial charge on any atom is 0.0435 e. The summed E-state index contributed by atoms with van der Waals surface area (Å²) in [6, 6.07) is 6.19. The third-order valence-electron chi connectivity index (χ3n) is 2.92. The second-order valence-corrected chi connectivity index (χ2v) is 4.71. The van der Waals surface area contributed by atoms with Crippen molar-refractivity contribution >= 4 is 11.6 Å². The van der Waals surface area contributed by atoms with Crippen molar-refractivity contribution in [2.24, 2.45) is 11.7 Å². The van der Waals surface area contributed by atoms with Gasteiger partial charge in [-0.25, -0.2) is 0 Å². The Morgan fingerprint density at radius 3 is 2.60 bits per heavy atom. The van der Waals surface area contributed by atoms with Gasteiger partial charge in [-0.3, -0.25) is 0 Å². The molecule has 0 aliphatic carbocycles. The van der Waals surface area contributed by atoms with E-state index >= 15 is 0 Å². The van der Waals surface area contributed by atoms with E-state index in [0.717, 1.165) is 10.6 Å². The third kappa shape index (κ3) is 3.22. The Kier molecular flexibility index (Phi) is 4.62. The SMILES string of the molecule is CCCC(C)C(N)c1ccc(Cl)c(C)c1. The molecule has 0 aliphatic rings. The van der Waals surface area contributed by atoms with Crippen LogP contribution >= 0.6 is 11.6 Å². The van der Waals surface area contributed by atoms with Crippen LogP contribution in [0.5, 0.6) is 0 Å². The van der Waals surface area contributed by atoms with E-state index in [4.69, 9.17) is 17.3 Å². The standard InChI is InChI=1S/C13H20ClN/c1-4-5-9(2)13(15)11-6-7-12(14)10(3)8-11/h6-9,13H,4-5,15H2,1-3H3. The maximum absolute atomic E-state index is 6.20. The summed E-state index contributed by atoms with van der Waals surface area (Å²) in [6.07, 6.45) is 2.35. The molecule has 0 bridgehead atoms. The first kappa shape index (κ1) is 12.5. The van der Waals surface area contributed by atoms with Gasteiger partial charge < -0.3 is 5.73 Å². The highest BCUT2D eigenvalue weighted by Crippen LogP contribution is 2.26. The molecule has 0 heterocycles. The summed E-state index contributed by atoms with van der Waals surface area (Å²) in [5.41, 5.74) is 8.50. The Hall–Kier alpha value is -0.530. The molecule has 2 unspecified atom stereocenters. The molecule has 1 aromatic rings. The van der Waals surface area contributed by atoms with Gasteiger partial charge in [0.15, 0.2) is 0 Å². The Bertz CT molecular complexity index is 322. The zero-order valence-corrected chi connectivity index (χ0v) is 10.5. The summed E-state index contributed by atoms with van der Waals surface area (Å²) in [4.78, 5) is 0. The molecule has 2 heteroatoms. The number of rotatable bonds is 4. The van der Waals surface area contributed by atoms with Gasteiger partial charge in [-0.15, -0.1) is 0 Å². The van der Waals surface area contributed by atoms with Gasteiger partial charge in [0, 0.05) is 11.1 Å². The fourth-order valence-electron chi connectivity index (χ4n) is 1.84. The molecule has 1 nitrogen and oxygen atoms in total. The number of aryl methyl sites for hydroxylation is 1. The Morgan fingerprint density at radius 1 is 1.40 bits per heavy atom. The molecule has 0 aromatic heterocycles. The van der Waals surface area contributed by atoms with E-state index in [2.05, 4.69) is 19.9 Å². The molecule has 0 saturated heterocycles. The van der Waals surface area contributed by atoms with Gasteiger partial charge in [0.25, 0.3) is 0 Å². The Labute approximate surface area is 97.6 Å². The van der Waals surface area contributed by atoms with Gasteiger partial charge in [-0.1, -0.05) is 44.0 Å². The van der Waals surface area contributed by atoms with Crippen LogP contribution in [0.25, 0.3) is 0 Å². The highest BCUT2D eigenvalue weighted by Gasteiger charge is 2.14. The lowest BCUT2D eigenvalue weighted by atomic mass is 9.91. The zero-order chi connectivity index (χ0) is 11.4. The molecule has 0 aliphatic heterocycles. The number of nitrogens with two attached hydrogens (primary N) is 1. The molecule has 0 radical (unpaired) electrons. The van der Waals surface area contributed by atoms with Crippen LogP contribution < -0.4 is 5.73 Å². The molecule has 2 atom stereocenters. The first-order chi connectivity index (χ1) is 7.06. The molecular formula is C13H20ClN. The monoisotopic (exact) mass is 225 g/mol. The van der Waals surface area contributed by atoms with Crippen molar-refractivity contribution in [2.45, 2.75) is 39.7 Å². The summed E-state index contributed by atoms with van der Waals surface area (Å²) in [7, 11) is 0. The maximum atomic E-state index is 6.20. The van der Waals surface area contributed by atoms with Gasteiger partial charge in [0.2, 0.25) is 0 Å². The predicted molar refractivity (Wildman–Crippen MR) is 67.2 cm³/mol. The van der Waals surface area contributed by atoms with Crippen LogP contribution in [0.2, 0.25) is 5.02 Å². The van der Waals surface area contributed by atoms with Crippen LogP contribution in [-0.2, 0) is 0 Å².